The number of methoxy groups -OCH3 is 1. The van der Waals surface area contributed by atoms with Gasteiger partial charge in [0.15, 0.2) is 5.82 Å². The zero-order valence-corrected chi connectivity index (χ0v) is 15.0. The average molecular weight is 343 g/mol. The normalized spacial score (nSPS) is 11.8. The third kappa shape index (κ3) is 3.47. The Hall–Kier alpha value is -2.25. The molecular formula is C17H21N5OS. The van der Waals surface area contributed by atoms with E-state index < -0.39 is 0 Å². The fraction of sp³-hybridized carbons (Fsp3) is 0.353. The van der Waals surface area contributed by atoms with Crippen molar-refractivity contribution >= 4 is 28.4 Å². The van der Waals surface area contributed by atoms with Gasteiger partial charge < -0.3 is 4.74 Å². The summed E-state index contributed by atoms with van der Waals surface area (Å²) in [5, 5.41) is 14.0. The predicted molar refractivity (Wildman–Crippen MR) is 97.2 cm³/mol. The number of fused-ring (bicyclic) bond motifs is 1. The first-order valence-corrected chi connectivity index (χ1v) is 8.81. The molecule has 6 nitrogen and oxygen atoms in total. The molecule has 2 aromatic heterocycles. The Kier molecular flexibility index (Phi) is 5.22. The van der Waals surface area contributed by atoms with Crippen molar-refractivity contribution in [3.8, 4) is 5.75 Å². The van der Waals surface area contributed by atoms with Crippen LogP contribution in [0.1, 0.15) is 30.2 Å². The Morgan fingerprint density at radius 3 is 2.71 bits per heavy atom. The minimum atomic E-state index is 0.758. The minimum Gasteiger partial charge on any atom is -0.496 e. The smallest absolute Gasteiger partial charge is 0.235 e. The third-order valence-corrected chi connectivity index (χ3v) is 4.74. The SMILES string of the molecule is CCN(CC)Cc1nnc2sc(/C=C\c3ccccc3OC)nn12. The third-order valence-electron chi connectivity index (χ3n) is 3.87. The molecule has 3 rings (SSSR count). The number of hydrogen-bond donors (Lipinski definition) is 0. The second-order valence-corrected chi connectivity index (χ2v) is 6.28. The Balaban J connectivity index is 1.83. The lowest BCUT2D eigenvalue weighted by Crippen LogP contribution is -2.23. The molecule has 0 radical (unpaired) electrons. The second-order valence-electron chi connectivity index (χ2n) is 5.29. The van der Waals surface area contributed by atoms with Gasteiger partial charge in [0.2, 0.25) is 4.96 Å². The van der Waals surface area contributed by atoms with E-state index in [9.17, 15) is 0 Å². The summed E-state index contributed by atoms with van der Waals surface area (Å²) in [6.07, 6.45) is 3.99. The molecule has 24 heavy (non-hydrogen) atoms. The molecule has 0 saturated heterocycles. The van der Waals surface area contributed by atoms with Crippen molar-refractivity contribution in [3.05, 3.63) is 40.7 Å². The van der Waals surface area contributed by atoms with Crippen LogP contribution in [0, 0.1) is 0 Å². The van der Waals surface area contributed by atoms with Gasteiger partial charge in [-0.3, -0.25) is 4.90 Å². The first-order valence-electron chi connectivity index (χ1n) is 7.99. The molecule has 2 heterocycles. The van der Waals surface area contributed by atoms with E-state index in [1.165, 1.54) is 11.3 Å². The Labute approximate surface area is 145 Å². The van der Waals surface area contributed by atoms with Gasteiger partial charge in [-0.25, -0.2) is 0 Å². The van der Waals surface area contributed by atoms with Gasteiger partial charge in [0.25, 0.3) is 0 Å². The molecule has 1 aromatic carbocycles. The maximum Gasteiger partial charge on any atom is 0.235 e. The van der Waals surface area contributed by atoms with E-state index in [0.29, 0.717) is 0 Å². The first kappa shape index (κ1) is 16.6. The standard InChI is InChI=1S/C17H21N5OS/c1-4-21(5-2)12-15-18-19-17-22(15)20-16(24-17)11-10-13-8-6-7-9-14(13)23-3/h6-11H,4-5,12H2,1-3H3/b11-10-. The van der Waals surface area contributed by atoms with E-state index in [1.807, 2.05) is 40.9 Å². The van der Waals surface area contributed by atoms with Crippen LogP contribution in [0.3, 0.4) is 0 Å². The van der Waals surface area contributed by atoms with Crippen LogP contribution in [-0.2, 0) is 6.54 Å². The van der Waals surface area contributed by atoms with E-state index in [-0.39, 0.29) is 0 Å². The number of ether oxygens (including phenoxy) is 1. The fourth-order valence-electron chi connectivity index (χ4n) is 2.45. The Bertz CT molecular complexity index is 834. The highest BCUT2D eigenvalue weighted by Gasteiger charge is 2.12. The van der Waals surface area contributed by atoms with Gasteiger partial charge in [-0.05, 0) is 31.3 Å². The summed E-state index contributed by atoms with van der Waals surface area (Å²) < 4.78 is 7.20. The van der Waals surface area contributed by atoms with Gasteiger partial charge in [-0.1, -0.05) is 43.4 Å². The zero-order chi connectivity index (χ0) is 16.9. The maximum absolute atomic E-state index is 5.36. The van der Waals surface area contributed by atoms with Crippen LogP contribution >= 0.6 is 11.3 Å². The van der Waals surface area contributed by atoms with Crippen molar-refractivity contribution in [3.63, 3.8) is 0 Å². The molecule has 7 heteroatoms. The van der Waals surface area contributed by atoms with Crippen LogP contribution in [0.5, 0.6) is 5.75 Å². The molecule has 0 aliphatic heterocycles. The summed E-state index contributed by atoms with van der Waals surface area (Å²) in [4.78, 5) is 3.11. The van der Waals surface area contributed by atoms with Gasteiger partial charge in [-0.2, -0.15) is 9.61 Å². The van der Waals surface area contributed by atoms with Crippen molar-refractivity contribution in [2.75, 3.05) is 20.2 Å². The highest BCUT2D eigenvalue weighted by Crippen LogP contribution is 2.22. The highest BCUT2D eigenvalue weighted by atomic mass is 32.1. The van der Waals surface area contributed by atoms with Crippen molar-refractivity contribution < 1.29 is 4.74 Å². The molecule has 0 atom stereocenters. The monoisotopic (exact) mass is 343 g/mol. The van der Waals surface area contributed by atoms with Crippen molar-refractivity contribution in [1.29, 1.82) is 0 Å². The molecule has 0 N–H and O–H groups in total. The molecule has 0 amide bonds. The quantitative estimate of drug-likeness (QED) is 0.659. The number of benzene rings is 1. The molecule has 3 aromatic rings. The number of nitrogens with zero attached hydrogens (tertiary/aromatic N) is 5. The number of rotatable bonds is 7. The average Bonchev–Trinajstić information content (AvgIpc) is 3.19. The van der Waals surface area contributed by atoms with Crippen LogP contribution in [0.2, 0.25) is 0 Å². The molecule has 0 spiro atoms. The van der Waals surface area contributed by atoms with E-state index in [4.69, 9.17) is 4.74 Å². The van der Waals surface area contributed by atoms with Gasteiger partial charge in [0.05, 0.1) is 13.7 Å². The molecular weight excluding hydrogens is 322 g/mol. The maximum atomic E-state index is 5.36. The van der Waals surface area contributed by atoms with Gasteiger partial charge in [-0.15, -0.1) is 10.2 Å². The number of para-hydroxylation sites is 1. The predicted octanol–water partition coefficient (Wildman–Crippen LogP) is 3.21. The van der Waals surface area contributed by atoms with Gasteiger partial charge >= 0.3 is 0 Å². The summed E-state index contributed by atoms with van der Waals surface area (Å²) in [5.41, 5.74) is 1.02. The van der Waals surface area contributed by atoms with E-state index in [0.717, 1.165) is 46.7 Å². The second kappa shape index (κ2) is 7.55. The Morgan fingerprint density at radius 2 is 1.96 bits per heavy atom. The van der Waals surface area contributed by atoms with Gasteiger partial charge in [0.1, 0.15) is 10.8 Å². The van der Waals surface area contributed by atoms with Gasteiger partial charge in [0, 0.05) is 5.56 Å². The summed E-state index contributed by atoms with van der Waals surface area (Å²) in [6, 6.07) is 7.91. The van der Waals surface area contributed by atoms with Crippen molar-refractivity contribution in [2.45, 2.75) is 20.4 Å². The lowest BCUT2D eigenvalue weighted by atomic mass is 10.2. The van der Waals surface area contributed by atoms with Crippen LogP contribution < -0.4 is 4.74 Å². The minimum absolute atomic E-state index is 0.758. The largest absolute Gasteiger partial charge is 0.496 e. The lowest BCUT2D eigenvalue weighted by Gasteiger charge is -2.15. The van der Waals surface area contributed by atoms with E-state index in [2.05, 4.69) is 34.0 Å². The molecule has 0 bridgehead atoms. The lowest BCUT2D eigenvalue weighted by molar-refractivity contribution is 0.286. The molecule has 0 aliphatic rings. The molecule has 0 unspecified atom stereocenters. The van der Waals surface area contributed by atoms with E-state index in [1.54, 1.807) is 7.11 Å². The van der Waals surface area contributed by atoms with Crippen molar-refractivity contribution in [1.82, 2.24) is 24.7 Å². The fourth-order valence-corrected chi connectivity index (χ4v) is 3.21. The van der Waals surface area contributed by atoms with Crippen LogP contribution in [0.4, 0.5) is 0 Å². The summed E-state index contributed by atoms with van der Waals surface area (Å²) >= 11 is 1.53. The molecule has 0 fully saturated rings. The Morgan fingerprint density at radius 1 is 1.17 bits per heavy atom. The van der Waals surface area contributed by atoms with E-state index >= 15 is 0 Å². The summed E-state index contributed by atoms with van der Waals surface area (Å²) in [7, 11) is 1.68. The first-order chi connectivity index (χ1) is 11.7. The molecule has 126 valence electrons. The topological polar surface area (TPSA) is 55.5 Å². The zero-order valence-electron chi connectivity index (χ0n) is 14.1. The molecule has 0 aliphatic carbocycles. The van der Waals surface area contributed by atoms with Crippen LogP contribution in [-0.4, -0.2) is 44.9 Å². The summed E-state index contributed by atoms with van der Waals surface area (Å²) in [5.74, 6) is 1.72. The molecule has 0 saturated carbocycles. The van der Waals surface area contributed by atoms with Crippen molar-refractivity contribution in [2.24, 2.45) is 0 Å². The van der Waals surface area contributed by atoms with Crippen LogP contribution in [0.15, 0.2) is 24.3 Å². The number of aromatic nitrogens is 4. The number of hydrogen-bond acceptors (Lipinski definition) is 6. The highest BCUT2D eigenvalue weighted by molar-refractivity contribution is 7.17. The summed E-state index contributed by atoms with van der Waals surface area (Å²) in [6.45, 7) is 7.01. The van der Waals surface area contributed by atoms with Crippen LogP contribution in [0.25, 0.3) is 17.1 Å².